The standard InChI is InChI=1S/C25H24N6O3S/c32-23(29-15-5-4-11-26-13-15)22-21-20-18(10-12-27-24(20)35-22)31(25(33)30-21)19-9-8-17(14-28-19)34-16-6-2-1-3-7-16/h1-3,6-10,12,14-15,21-22,26H,4-5,11,13H2,(H,29,32)(H,30,33)/t15?,21?,22-/m0/s1. The lowest BCUT2D eigenvalue weighted by Crippen LogP contribution is -2.52. The lowest BCUT2D eigenvalue weighted by Gasteiger charge is -2.34. The minimum absolute atomic E-state index is 0.0769. The van der Waals surface area contributed by atoms with E-state index in [0.29, 0.717) is 23.0 Å². The highest BCUT2D eigenvalue weighted by Gasteiger charge is 2.47. The molecule has 35 heavy (non-hydrogen) atoms. The summed E-state index contributed by atoms with van der Waals surface area (Å²) in [4.78, 5) is 36.9. The third-order valence-corrected chi connectivity index (χ3v) is 7.63. The second-order valence-corrected chi connectivity index (χ2v) is 9.80. The van der Waals surface area contributed by atoms with Gasteiger partial charge in [-0.25, -0.2) is 19.7 Å². The lowest BCUT2D eigenvalue weighted by atomic mass is 9.99. The van der Waals surface area contributed by atoms with E-state index >= 15 is 0 Å². The first kappa shape index (κ1) is 21.9. The van der Waals surface area contributed by atoms with Crippen LogP contribution >= 0.6 is 11.8 Å². The number of piperidine rings is 1. The Balaban J connectivity index is 1.24. The first-order valence-corrected chi connectivity index (χ1v) is 12.5. The second-order valence-electron chi connectivity index (χ2n) is 8.67. The number of urea groups is 1. The van der Waals surface area contributed by atoms with Gasteiger partial charge in [-0.1, -0.05) is 30.0 Å². The van der Waals surface area contributed by atoms with Crippen molar-refractivity contribution in [2.75, 3.05) is 18.0 Å². The Morgan fingerprint density at radius 2 is 2.00 bits per heavy atom. The molecular formula is C25H24N6O3S. The number of hydrogen-bond acceptors (Lipinski definition) is 7. The van der Waals surface area contributed by atoms with Crippen LogP contribution in [0.1, 0.15) is 24.4 Å². The van der Waals surface area contributed by atoms with Crippen molar-refractivity contribution < 1.29 is 14.3 Å². The summed E-state index contributed by atoms with van der Waals surface area (Å²) in [7, 11) is 0. The van der Waals surface area contributed by atoms with E-state index in [4.69, 9.17) is 4.74 Å². The molecule has 0 bridgehead atoms. The highest BCUT2D eigenvalue weighted by Crippen LogP contribution is 2.50. The normalized spacial score (nSPS) is 22.8. The Bertz CT molecular complexity index is 1250. The summed E-state index contributed by atoms with van der Waals surface area (Å²) < 4.78 is 5.82. The molecule has 0 radical (unpaired) electrons. The molecule has 3 aliphatic rings. The molecule has 0 spiro atoms. The fraction of sp³-hybridized carbons (Fsp3) is 0.280. The molecule has 10 heteroatoms. The number of thioether (sulfide) groups is 1. The van der Waals surface area contributed by atoms with Gasteiger partial charge in [0.15, 0.2) is 0 Å². The molecule has 1 fully saturated rings. The number of hydrogen-bond donors (Lipinski definition) is 3. The number of carbonyl (C=O) groups excluding carboxylic acids is 2. The van der Waals surface area contributed by atoms with E-state index in [1.165, 1.54) is 16.7 Å². The highest BCUT2D eigenvalue weighted by atomic mass is 32.2. The minimum Gasteiger partial charge on any atom is -0.456 e. The lowest BCUT2D eigenvalue weighted by molar-refractivity contribution is -0.121. The molecule has 5 heterocycles. The van der Waals surface area contributed by atoms with Gasteiger partial charge < -0.3 is 20.7 Å². The van der Waals surface area contributed by atoms with Gasteiger partial charge >= 0.3 is 6.03 Å². The number of pyridine rings is 2. The smallest absolute Gasteiger partial charge is 0.328 e. The molecular weight excluding hydrogens is 464 g/mol. The summed E-state index contributed by atoms with van der Waals surface area (Å²) in [6, 6.07) is 14.1. The molecule has 3 aromatic rings. The monoisotopic (exact) mass is 488 g/mol. The van der Waals surface area contributed by atoms with E-state index in [9.17, 15) is 9.59 Å². The number of ether oxygens (including phenoxy) is 1. The molecule has 0 aliphatic carbocycles. The van der Waals surface area contributed by atoms with Crippen LogP contribution in [0.5, 0.6) is 11.5 Å². The predicted octanol–water partition coefficient (Wildman–Crippen LogP) is 3.51. The van der Waals surface area contributed by atoms with E-state index < -0.39 is 11.3 Å². The van der Waals surface area contributed by atoms with Gasteiger partial charge in [0.25, 0.3) is 0 Å². The Morgan fingerprint density at radius 3 is 2.77 bits per heavy atom. The van der Waals surface area contributed by atoms with Gasteiger partial charge in [0.2, 0.25) is 5.91 Å². The van der Waals surface area contributed by atoms with E-state index in [1.807, 2.05) is 30.3 Å². The van der Waals surface area contributed by atoms with Crippen LogP contribution in [0.4, 0.5) is 16.3 Å². The summed E-state index contributed by atoms with van der Waals surface area (Å²) in [5, 5.41) is 9.77. The van der Waals surface area contributed by atoms with Crippen LogP contribution in [0, 0.1) is 0 Å². The first-order chi connectivity index (χ1) is 17.2. The molecule has 3 atom stereocenters. The Hall–Kier alpha value is -3.63. The minimum atomic E-state index is -0.471. The average molecular weight is 489 g/mol. The van der Waals surface area contributed by atoms with Crippen LogP contribution in [-0.4, -0.2) is 46.3 Å². The summed E-state index contributed by atoms with van der Waals surface area (Å²) >= 11 is 1.40. The van der Waals surface area contributed by atoms with E-state index in [-0.39, 0.29) is 18.0 Å². The third kappa shape index (κ3) is 4.19. The molecule has 9 nitrogen and oxygen atoms in total. The van der Waals surface area contributed by atoms with Crippen molar-refractivity contribution in [3.8, 4) is 11.5 Å². The molecule has 0 saturated carbocycles. The molecule has 2 unspecified atom stereocenters. The topological polar surface area (TPSA) is 108 Å². The van der Waals surface area contributed by atoms with Crippen LogP contribution in [0.3, 0.4) is 0 Å². The largest absolute Gasteiger partial charge is 0.456 e. The number of rotatable bonds is 5. The van der Waals surface area contributed by atoms with Crippen LogP contribution in [0.15, 0.2) is 66.0 Å². The molecule has 1 aromatic carbocycles. The SMILES string of the molecule is O=C(NC1CCCNC1)[C@H]1Sc2nccc3c2C1NC(=O)N3c1ccc(Oc2ccccc2)cn1. The highest BCUT2D eigenvalue weighted by molar-refractivity contribution is 8.01. The average Bonchev–Trinajstić information content (AvgIpc) is 3.26. The maximum atomic E-state index is 13.3. The van der Waals surface area contributed by atoms with Crippen molar-refractivity contribution in [3.05, 3.63) is 66.5 Å². The zero-order valence-corrected chi connectivity index (χ0v) is 19.6. The molecule has 1 saturated heterocycles. The quantitative estimate of drug-likeness (QED) is 0.504. The number of aromatic nitrogens is 2. The van der Waals surface area contributed by atoms with Crippen molar-refractivity contribution in [3.63, 3.8) is 0 Å². The number of carbonyl (C=O) groups is 2. The fourth-order valence-corrected chi connectivity index (χ4v) is 5.94. The molecule has 3 amide bonds. The van der Waals surface area contributed by atoms with Crippen molar-refractivity contribution in [2.24, 2.45) is 0 Å². The summed E-state index contributed by atoms with van der Waals surface area (Å²) in [5.74, 6) is 1.66. The van der Waals surface area contributed by atoms with E-state index in [0.717, 1.165) is 36.5 Å². The summed E-state index contributed by atoms with van der Waals surface area (Å²) in [5.41, 5.74) is 1.54. The van der Waals surface area contributed by atoms with Gasteiger partial charge in [0.1, 0.15) is 27.6 Å². The Kier molecular flexibility index (Phi) is 5.75. The van der Waals surface area contributed by atoms with Crippen LogP contribution in [0.25, 0.3) is 0 Å². The van der Waals surface area contributed by atoms with Crippen molar-refractivity contribution >= 4 is 35.2 Å². The summed E-state index contributed by atoms with van der Waals surface area (Å²) in [6.07, 6.45) is 5.24. The fourth-order valence-electron chi connectivity index (χ4n) is 4.70. The summed E-state index contributed by atoms with van der Waals surface area (Å²) in [6.45, 7) is 1.74. The number of para-hydroxylation sites is 1. The second kappa shape index (κ2) is 9.20. The molecule has 2 aromatic heterocycles. The van der Waals surface area contributed by atoms with Crippen LogP contribution in [0.2, 0.25) is 0 Å². The number of benzene rings is 1. The maximum Gasteiger partial charge on any atom is 0.328 e. The van der Waals surface area contributed by atoms with E-state index in [2.05, 4.69) is 25.9 Å². The number of anilines is 2. The van der Waals surface area contributed by atoms with Crippen molar-refractivity contribution in [1.29, 1.82) is 0 Å². The van der Waals surface area contributed by atoms with Gasteiger partial charge in [-0.05, 0) is 49.7 Å². The van der Waals surface area contributed by atoms with Crippen LogP contribution < -0.4 is 25.6 Å². The van der Waals surface area contributed by atoms with Gasteiger partial charge in [-0.15, -0.1) is 0 Å². The third-order valence-electron chi connectivity index (χ3n) is 6.34. The number of amides is 3. The van der Waals surface area contributed by atoms with E-state index in [1.54, 1.807) is 30.6 Å². The van der Waals surface area contributed by atoms with Gasteiger partial charge in [0, 0.05) is 24.3 Å². The van der Waals surface area contributed by atoms with Crippen molar-refractivity contribution in [1.82, 2.24) is 25.9 Å². The molecule has 6 rings (SSSR count). The number of nitrogens with zero attached hydrogens (tertiary/aromatic N) is 3. The Labute approximate surface area is 206 Å². The van der Waals surface area contributed by atoms with Crippen LogP contribution in [-0.2, 0) is 4.79 Å². The molecule has 3 N–H and O–H groups in total. The predicted molar refractivity (Wildman–Crippen MR) is 132 cm³/mol. The number of nitrogens with one attached hydrogen (secondary N) is 3. The molecule has 178 valence electrons. The zero-order valence-electron chi connectivity index (χ0n) is 18.8. The Morgan fingerprint density at radius 1 is 1.11 bits per heavy atom. The maximum absolute atomic E-state index is 13.3. The molecule has 3 aliphatic heterocycles. The zero-order chi connectivity index (χ0) is 23.8. The van der Waals surface area contributed by atoms with Crippen molar-refractivity contribution in [2.45, 2.75) is 35.2 Å². The van der Waals surface area contributed by atoms with Gasteiger partial charge in [-0.2, -0.15) is 0 Å². The van der Waals surface area contributed by atoms with Gasteiger partial charge in [0.05, 0.1) is 17.9 Å². The first-order valence-electron chi connectivity index (χ1n) is 11.6. The van der Waals surface area contributed by atoms with Gasteiger partial charge in [-0.3, -0.25) is 4.79 Å².